The number of carbonyl (C=O) groups excluding carboxylic acids is 2. The van der Waals surface area contributed by atoms with Crippen LogP contribution >= 0.6 is 0 Å². The SMILES string of the molecule is COc1cc(N(C(=O)NC2CC2)S(=O)(=O)c2ccccc2)c(C)cc1C=O. The van der Waals surface area contributed by atoms with Crippen LogP contribution in [0, 0.1) is 6.92 Å². The average molecular weight is 388 g/mol. The van der Waals surface area contributed by atoms with E-state index < -0.39 is 16.1 Å². The van der Waals surface area contributed by atoms with Gasteiger partial charge in [-0.25, -0.2) is 13.2 Å². The molecule has 3 rings (SSSR count). The molecule has 8 heteroatoms. The van der Waals surface area contributed by atoms with Crippen LogP contribution in [-0.4, -0.2) is 33.9 Å². The van der Waals surface area contributed by atoms with Crippen molar-refractivity contribution in [1.29, 1.82) is 0 Å². The number of urea groups is 1. The molecule has 0 heterocycles. The molecule has 27 heavy (non-hydrogen) atoms. The highest BCUT2D eigenvalue weighted by Crippen LogP contribution is 2.33. The van der Waals surface area contributed by atoms with Crippen molar-refractivity contribution in [2.75, 3.05) is 11.4 Å². The second kappa shape index (κ2) is 7.40. The molecule has 2 amide bonds. The first-order valence-corrected chi connectivity index (χ1v) is 9.87. The van der Waals surface area contributed by atoms with Crippen LogP contribution < -0.4 is 14.4 Å². The molecule has 0 radical (unpaired) electrons. The van der Waals surface area contributed by atoms with Crippen LogP contribution in [-0.2, 0) is 10.0 Å². The molecule has 142 valence electrons. The van der Waals surface area contributed by atoms with Crippen molar-refractivity contribution in [3.8, 4) is 5.75 Å². The number of nitrogens with zero attached hydrogens (tertiary/aromatic N) is 1. The first-order chi connectivity index (χ1) is 12.9. The van der Waals surface area contributed by atoms with Crippen molar-refractivity contribution in [3.63, 3.8) is 0 Å². The van der Waals surface area contributed by atoms with Crippen molar-refractivity contribution in [1.82, 2.24) is 5.32 Å². The Morgan fingerprint density at radius 3 is 2.44 bits per heavy atom. The van der Waals surface area contributed by atoms with Crippen molar-refractivity contribution >= 4 is 28.0 Å². The van der Waals surface area contributed by atoms with E-state index in [1.165, 1.54) is 31.4 Å². The van der Waals surface area contributed by atoms with Crippen LogP contribution in [0.2, 0.25) is 0 Å². The van der Waals surface area contributed by atoms with Gasteiger partial charge in [0.15, 0.2) is 6.29 Å². The summed E-state index contributed by atoms with van der Waals surface area (Å²) in [5.74, 6) is 0.193. The van der Waals surface area contributed by atoms with E-state index in [0.29, 0.717) is 11.8 Å². The minimum absolute atomic E-state index is 0.00576. The monoisotopic (exact) mass is 388 g/mol. The molecule has 0 aromatic heterocycles. The molecule has 0 aliphatic heterocycles. The van der Waals surface area contributed by atoms with Gasteiger partial charge in [-0.1, -0.05) is 18.2 Å². The molecule has 7 nitrogen and oxygen atoms in total. The fourth-order valence-corrected chi connectivity index (χ4v) is 4.13. The van der Waals surface area contributed by atoms with Gasteiger partial charge in [0.25, 0.3) is 10.0 Å². The topological polar surface area (TPSA) is 92.8 Å². The third-order valence-corrected chi connectivity index (χ3v) is 5.98. The maximum Gasteiger partial charge on any atom is 0.336 e. The lowest BCUT2D eigenvalue weighted by Gasteiger charge is -2.25. The zero-order valence-electron chi connectivity index (χ0n) is 15.0. The predicted octanol–water partition coefficient (Wildman–Crippen LogP) is 2.88. The molecular weight excluding hydrogens is 368 g/mol. The number of sulfonamides is 1. The number of aryl methyl sites for hydroxylation is 1. The number of methoxy groups -OCH3 is 1. The Morgan fingerprint density at radius 2 is 1.89 bits per heavy atom. The Bertz CT molecular complexity index is 969. The summed E-state index contributed by atoms with van der Waals surface area (Å²) in [4.78, 5) is 24.1. The number of amides is 2. The quantitative estimate of drug-likeness (QED) is 0.768. The number of nitrogens with one attached hydrogen (secondary N) is 1. The molecule has 2 aromatic rings. The van der Waals surface area contributed by atoms with E-state index in [9.17, 15) is 18.0 Å². The van der Waals surface area contributed by atoms with E-state index in [4.69, 9.17) is 4.74 Å². The number of aldehydes is 1. The number of carbonyl (C=O) groups is 2. The molecule has 1 aliphatic rings. The molecule has 0 atom stereocenters. The maximum atomic E-state index is 13.2. The zero-order valence-corrected chi connectivity index (χ0v) is 15.8. The Morgan fingerprint density at radius 1 is 1.22 bits per heavy atom. The van der Waals surface area contributed by atoms with Crippen molar-refractivity contribution in [3.05, 3.63) is 53.6 Å². The lowest BCUT2D eigenvalue weighted by Crippen LogP contribution is -2.45. The van der Waals surface area contributed by atoms with Crippen LogP contribution in [0.15, 0.2) is 47.4 Å². The number of hydrogen-bond donors (Lipinski definition) is 1. The summed E-state index contributed by atoms with van der Waals surface area (Å²) >= 11 is 0. The van der Waals surface area contributed by atoms with Crippen molar-refractivity contribution in [2.24, 2.45) is 0 Å². The summed E-state index contributed by atoms with van der Waals surface area (Å²) < 4.78 is 32.4. The molecule has 1 saturated carbocycles. The minimum Gasteiger partial charge on any atom is -0.496 e. The van der Waals surface area contributed by atoms with Crippen LogP contribution in [0.1, 0.15) is 28.8 Å². The Hall–Kier alpha value is -2.87. The first-order valence-electron chi connectivity index (χ1n) is 8.43. The van der Waals surface area contributed by atoms with Gasteiger partial charge < -0.3 is 10.1 Å². The highest BCUT2D eigenvalue weighted by Gasteiger charge is 2.35. The van der Waals surface area contributed by atoms with E-state index in [1.807, 2.05) is 0 Å². The van der Waals surface area contributed by atoms with Gasteiger partial charge in [-0.15, -0.1) is 0 Å². The second-order valence-electron chi connectivity index (χ2n) is 6.30. The van der Waals surface area contributed by atoms with Gasteiger partial charge in [0, 0.05) is 12.1 Å². The summed E-state index contributed by atoms with van der Waals surface area (Å²) in [5.41, 5.74) is 0.876. The maximum absolute atomic E-state index is 13.2. The highest BCUT2D eigenvalue weighted by atomic mass is 32.2. The summed E-state index contributed by atoms with van der Waals surface area (Å²) in [7, 11) is -2.78. The molecule has 2 aromatic carbocycles. The van der Waals surface area contributed by atoms with E-state index in [-0.39, 0.29) is 27.9 Å². The standard InChI is InChI=1S/C19H20N2O5S/c1-13-10-14(12-22)18(26-2)11-17(13)21(19(23)20-15-8-9-15)27(24,25)16-6-4-3-5-7-16/h3-7,10-12,15H,8-9H2,1-2H3,(H,20,23). The fourth-order valence-electron chi connectivity index (χ4n) is 2.69. The van der Waals surface area contributed by atoms with Crippen LogP contribution in [0.3, 0.4) is 0 Å². The van der Waals surface area contributed by atoms with Gasteiger partial charge in [-0.2, -0.15) is 4.31 Å². The lowest BCUT2D eigenvalue weighted by molar-refractivity contribution is 0.112. The Labute approximate surface area is 158 Å². The van der Waals surface area contributed by atoms with Gasteiger partial charge in [0.05, 0.1) is 23.3 Å². The number of ether oxygens (including phenoxy) is 1. The smallest absolute Gasteiger partial charge is 0.336 e. The Balaban J connectivity index is 2.16. The lowest BCUT2D eigenvalue weighted by atomic mass is 10.1. The van der Waals surface area contributed by atoms with Gasteiger partial charge >= 0.3 is 6.03 Å². The second-order valence-corrected chi connectivity index (χ2v) is 8.09. The Kier molecular flexibility index (Phi) is 5.18. The van der Waals surface area contributed by atoms with E-state index >= 15 is 0 Å². The largest absolute Gasteiger partial charge is 0.496 e. The number of benzene rings is 2. The number of rotatable bonds is 6. The molecule has 1 aliphatic carbocycles. The minimum atomic E-state index is -4.16. The molecule has 1 fully saturated rings. The molecule has 0 spiro atoms. The van der Waals surface area contributed by atoms with Crippen LogP contribution in [0.4, 0.5) is 10.5 Å². The summed E-state index contributed by atoms with van der Waals surface area (Å²) in [6, 6.07) is 9.87. The summed E-state index contributed by atoms with van der Waals surface area (Å²) in [6.07, 6.45) is 2.25. The number of anilines is 1. The normalized spacial score (nSPS) is 13.7. The third-order valence-electron chi connectivity index (χ3n) is 4.26. The molecular formula is C19H20N2O5S. The van der Waals surface area contributed by atoms with Gasteiger partial charge in [0.1, 0.15) is 5.75 Å². The van der Waals surface area contributed by atoms with E-state index in [0.717, 1.165) is 17.1 Å². The molecule has 0 saturated heterocycles. The van der Waals surface area contributed by atoms with E-state index in [1.54, 1.807) is 25.1 Å². The number of hydrogen-bond acceptors (Lipinski definition) is 5. The first kappa shape index (κ1) is 18.9. The van der Waals surface area contributed by atoms with Crippen LogP contribution in [0.5, 0.6) is 5.75 Å². The molecule has 0 bridgehead atoms. The summed E-state index contributed by atoms with van der Waals surface area (Å²) in [6.45, 7) is 1.64. The van der Waals surface area contributed by atoms with E-state index in [2.05, 4.69) is 5.32 Å². The zero-order chi connectivity index (χ0) is 19.6. The highest BCUT2D eigenvalue weighted by molar-refractivity contribution is 7.93. The van der Waals surface area contributed by atoms with Crippen molar-refractivity contribution in [2.45, 2.75) is 30.7 Å². The third kappa shape index (κ3) is 3.80. The van der Waals surface area contributed by atoms with Crippen LogP contribution in [0.25, 0.3) is 0 Å². The van der Waals surface area contributed by atoms with Gasteiger partial charge in [0.2, 0.25) is 0 Å². The summed E-state index contributed by atoms with van der Waals surface area (Å²) in [5, 5.41) is 2.72. The molecule has 1 N–H and O–H groups in total. The van der Waals surface area contributed by atoms with Gasteiger partial charge in [-0.3, -0.25) is 4.79 Å². The predicted molar refractivity (Wildman–Crippen MR) is 101 cm³/mol. The molecule has 0 unspecified atom stereocenters. The van der Waals surface area contributed by atoms with Crippen molar-refractivity contribution < 1.29 is 22.7 Å². The average Bonchev–Trinajstić information content (AvgIpc) is 3.47. The van der Waals surface area contributed by atoms with Gasteiger partial charge in [-0.05, 0) is 43.5 Å². The fraction of sp³-hybridized carbons (Fsp3) is 0.263.